The zero-order chi connectivity index (χ0) is 36.6. The van der Waals surface area contributed by atoms with Crippen LogP contribution in [-0.2, 0) is 45.1 Å². The van der Waals surface area contributed by atoms with Crippen LogP contribution < -0.4 is 16.1 Å². The first-order valence-electron chi connectivity index (χ1n) is 16.9. The number of aliphatic hydroxyl groups is 1. The van der Waals surface area contributed by atoms with Crippen molar-refractivity contribution in [3.8, 4) is 5.75 Å². The standard InChI is InChI=1S/C38H46N6O7/c1-3-26(2)18-32(46)21-35(47)43-44(23-28-10-6-4-7-11-28)37(49)34(20-30-22-39-25-40-30)41-36(48)33(19-27-14-16-31(45)17-15-27)42-38(50)51-24-29-12-8-5-9-13-29/h4-17,22,25-26,32-34,45-46H,3,18-21,23-24H2,1-2H3,(H,39,40)(H,41,48)(H,42,50)(H,43,47)/t26?,32-,33-,34-/m0/s1. The molecule has 4 atom stereocenters. The highest BCUT2D eigenvalue weighted by molar-refractivity contribution is 5.92. The van der Waals surface area contributed by atoms with Crippen LogP contribution in [0, 0.1) is 5.92 Å². The number of ether oxygens (including phenoxy) is 1. The molecule has 4 amide bonds. The monoisotopic (exact) mass is 698 g/mol. The fourth-order valence-corrected chi connectivity index (χ4v) is 5.32. The van der Waals surface area contributed by atoms with E-state index in [1.54, 1.807) is 48.5 Å². The number of H-pyrrole nitrogens is 1. The molecule has 0 aliphatic heterocycles. The topological polar surface area (TPSA) is 186 Å². The van der Waals surface area contributed by atoms with Crippen molar-refractivity contribution in [2.75, 3.05) is 0 Å². The van der Waals surface area contributed by atoms with Crippen LogP contribution in [0.2, 0.25) is 0 Å². The van der Waals surface area contributed by atoms with Crippen molar-refractivity contribution < 1.29 is 34.1 Å². The van der Waals surface area contributed by atoms with Crippen molar-refractivity contribution in [3.63, 3.8) is 0 Å². The van der Waals surface area contributed by atoms with Crippen molar-refractivity contribution in [2.45, 2.75) is 77.3 Å². The summed E-state index contributed by atoms with van der Waals surface area (Å²) in [7, 11) is 0. The second-order valence-corrected chi connectivity index (χ2v) is 12.5. The van der Waals surface area contributed by atoms with Gasteiger partial charge in [0.05, 0.1) is 25.4 Å². The highest BCUT2D eigenvalue weighted by Gasteiger charge is 2.32. The fourth-order valence-electron chi connectivity index (χ4n) is 5.32. The Bertz CT molecular complexity index is 1670. The summed E-state index contributed by atoms with van der Waals surface area (Å²) in [5.41, 5.74) is 5.29. The third-order valence-electron chi connectivity index (χ3n) is 8.29. The molecule has 0 aliphatic carbocycles. The molecule has 0 fully saturated rings. The number of nitrogens with zero attached hydrogens (tertiary/aromatic N) is 2. The number of aromatic nitrogens is 2. The largest absolute Gasteiger partial charge is 0.508 e. The molecule has 0 aliphatic rings. The molecule has 4 aromatic rings. The third-order valence-corrected chi connectivity index (χ3v) is 8.29. The molecule has 1 aromatic heterocycles. The van der Waals surface area contributed by atoms with Crippen molar-refractivity contribution >= 4 is 23.8 Å². The predicted molar refractivity (Wildman–Crippen MR) is 189 cm³/mol. The van der Waals surface area contributed by atoms with Gasteiger partial charge in [-0.3, -0.25) is 19.8 Å². The summed E-state index contributed by atoms with van der Waals surface area (Å²) < 4.78 is 5.39. The lowest BCUT2D eigenvalue weighted by atomic mass is 9.99. The first-order valence-corrected chi connectivity index (χ1v) is 16.9. The summed E-state index contributed by atoms with van der Waals surface area (Å²) in [4.78, 5) is 61.4. The van der Waals surface area contributed by atoms with Gasteiger partial charge in [-0.15, -0.1) is 0 Å². The van der Waals surface area contributed by atoms with Crippen molar-refractivity contribution in [1.82, 2.24) is 31.0 Å². The molecule has 0 saturated carbocycles. The van der Waals surface area contributed by atoms with Crippen LogP contribution in [0.25, 0.3) is 0 Å². The normalized spacial score (nSPS) is 13.2. The minimum atomic E-state index is -1.23. The van der Waals surface area contributed by atoms with Gasteiger partial charge in [0.2, 0.25) is 11.8 Å². The van der Waals surface area contributed by atoms with Gasteiger partial charge in [0, 0.05) is 24.7 Å². The number of nitrogens with one attached hydrogen (secondary N) is 4. The molecular formula is C38H46N6O7. The van der Waals surface area contributed by atoms with E-state index in [-0.39, 0.29) is 44.1 Å². The number of amides is 4. The summed E-state index contributed by atoms with van der Waals surface area (Å²) in [6.45, 7) is 3.94. The Hall–Kier alpha value is -5.69. The van der Waals surface area contributed by atoms with Crippen LogP contribution >= 0.6 is 0 Å². The van der Waals surface area contributed by atoms with Crippen LogP contribution in [-0.4, -0.2) is 67.2 Å². The number of carbonyl (C=O) groups is 4. The highest BCUT2D eigenvalue weighted by Crippen LogP contribution is 2.15. The summed E-state index contributed by atoms with van der Waals surface area (Å²) in [5.74, 6) is -1.64. The fraction of sp³-hybridized carbons (Fsp3) is 0.342. The van der Waals surface area contributed by atoms with E-state index in [4.69, 9.17) is 4.74 Å². The molecule has 1 heterocycles. The van der Waals surface area contributed by atoms with E-state index in [0.29, 0.717) is 23.2 Å². The second kappa shape index (κ2) is 19.5. The number of benzene rings is 3. The quantitative estimate of drug-likeness (QED) is 0.0896. The maximum Gasteiger partial charge on any atom is 0.408 e. The zero-order valence-corrected chi connectivity index (χ0v) is 28.8. The molecular weight excluding hydrogens is 652 g/mol. The van der Waals surface area contributed by atoms with Gasteiger partial charge >= 0.3 is 6.09 Å². The van der Waals surface area contributed by atoms with Crippen LogP contribution in [0.15, 0.2) is 97.5 Å². The molecule has 1 unspecified atom stereocenters. The Morgan fingerprint density at radius 2 is 1.53 bits per heavy atom. The Balaban J connectivity index is 1.57. The molecule has 3 aromatic carbocycles. The van der Waals surface area contributed by atoms with Crippen LogP contribution in [0.5, 0.6) is 5.75 Å². The third kappa shape index (κ3) is 12.9. The summed E-state index contributed by atoms with van der Waals surface area (Å²) >= 11 is 0. The number of rotatable bonds is 17. The molecule has 4 rings (SSSR count). The summed E-state index contributed by atoms with van der Waals surface area (Å²) in [6, 6.07) is 21.8. The van der Waals surface area contributed by atoms with E-state index in [1.807, 2.05) is 38.1 Å². The number of hydrazine groups is 1. The molecule has 0 radical (unpaired) electrons. The zero-order valence-electron chi connectivity index (χ0n) is 28.8. The Kier molecular flexibility index (Phi) is 14.6. The number of carbonyl (C=O) groups excluding carboxylic acids is 4. The first-order chi connectivity index (χ1) is 24.6. The van der Waals surface area contributed by atoms with E-state index in [0.717, 1.165) is 17.0 Å². The molecule has 13 heteroatoms. The van der Waals surface area contributed by atoms with Gasteiger partial charge in [-0.1, -0.05) is 93.1 Å². The van der Waals surface area contributed by atoms with Gasteiger partial charge < -0.3 is 30.6 Å². The van der Waals surface area contributed by atoms with E-state index < -0.39 is 42.0 Å². The smallest absolute Gasteiger partial charge is 0.408 e. The Morgan fingerprint density at radius 3 is 2.16 bits per heavy atom. The molecule has 0 saturated heterocycles. The Labute approximate surface area is 297 Å². The predicted octanol–water partition coefficient (Wildman–Crippen LogP) is 3.93. The van der Waals surface area contributed by atoms with Gasteiger partial charge in [-0.2, -0.15) is 0 Å². The Morgan fingerprint density at radius 1 is 0.863 bits per heavy atom. The molecule has 0 bridgehead atoms. The van der Waals surface area contributed by atoms with Crippen molar-refractivity contribution in [2.24, 2.45) is 5.92 Å². The van der Waals surface area contributed by atoms with Crippen LogP contribution in [0.3, 0.4) is 0 Å². The molecule has 51 heavy (non-hydrogen) atoms. The molecule has 0 spiro atoms. The number of hydrogen-bond acceptors (Lipinski definition) is 8. The van der Waals surface area contributed by atoms with E-state index >= 15 is 0 Å². The minimum Gasteiger partial charge on any atom is -0.508 e. The molecule has 6 N–H and O–H groups in total. The number of phenolic OH excluding ortho intramolecular Hbond substituents is 1. The van der Waals surface area contributed by atoms with Gasteiger partial charge in [0.1, 0.15) is 24.4 Å². The average molecular weight is 699 g/mol. The van der Waals surface area contributed by atoms with Crippen molar-refractivity contribution in [3.05, 3.63) is 120 Å². The second-order valence-electron chi connectivity index (χ2n) is 12.5. The number of imidazole rings is 1. The average Bonchev–Trinajstić information content (AvgIpc) is 3.64. The SMILES string of the molecule is CCC(C)C[C@H](O)CC(=O)NN(Cc1ccccc1)C(=O)[C@H](Cc1cnc[nH]1)NC(=O)[C@H](Cc1ccc(O)cc1)NC(=O)OCc1ccccc1. The van der Waals surface area contributed by atoms with Crippen molar-refractivity contribution in [1.29, 1.82) is 0 Å². The van der Waals surface area contributed by atoms with Gasteiger partial charge in [0.15, 0.2) is 0 Å². The maximum atomic E-state index is 14.3. The van der Waals surface area contributed by atoms with Gasteiger partial charge in [-0.25, -0.2) is 14.8 Å². The van der Waals surface area contributed by atoms with E-state index in [1.165, 1.54) is 24.7 Å². The number of hydrogen-bond donors (Lipinski definition) is 6. The number of phenols is 1. The van der Waals surface area contributed by atoms with Crippen LogP contribution in [0.4, 0.5) is 4.79 Å². The van der Waals surface area contributed by atoms with Gasteiger partial charge in [0.25, 0.3) is 5.91 Å². The maximum absolute atomic E-state index is 14.3. The van der Waals surface area contributed by atoms with Gasteiger partial charge in [-0.05, 0) is 41.2 Å². The van der Waals surface area contributed by atoms with E-state index in [2.05, 4.69) is 26.0 Å². The first kappa shape index (κ1) is 38.1. The minimum absolute atomic E-state index is 0.00998. The van der Waals surface area contributed by atoms with E-state index in [9.17, 15) is 29.4 Å². The number of aromatic hydroxyl groups is 1. The summed E-state index contributed by atoms with van der Waals surface area (Å²) in [5, 5.41) is 26.9. The highest BCUT2D eigenvalue weighted by atomic mass is 16.5. The lowest BCUT2D eigenvalue weighted by Crippen LogP contribution is -2.58. The lowest BCUT2D eigenvalue weighted by molar-refractivity contribution is -0.146. The molecule has 270 valence electrons. The number of aliphatic hydroxyl groups excluding tert-OH is 1. The molecule has 13 nitrogen and oxygen atoms in total. The summed E-state index contributed by atoms with van der Waals surface area (Å²) in [6.07, 6.45) is 2.26. The van der Waals surface area contributed by atoms with Crippen LogP contribution in [0.1, 0.15) is 55.5 Å². The number of alkyl carbamates (subject to hydrolysis) is 1. The lowest BCUT2D eigenvalue weighted by Gasteiger charge is -2.29. The number of aromatic amines is 1.